The number of aryl methyl sites for hydroxylation is 1. The Morgan fingerprint density at radius 2 is 2.00 bits per heavy atom. The van der Waals surface area contributed by atoms with Crippen LogP contribution in [-0.4, -0.2) is 29.4 Å². The van der Waals surface area contributed by atoms with Gasteiger partial charge in [0, 0.05) is 13.0 Å². The average molecular weight is 395 g/mol. The van der Waals surface area contributed by atoms with E-state index in [2.05, 4.69) is 40.2 Å². The van der Waals surface area contributed by atoms with Gasteiger partial charge in [0.25, 0.3) is 0 Å². The topological polar surface area (TPSA) is 42.4 Å². The molecule has 146 valence electrons. The van der Waals surface area contributed by atoms with Crippen LogP contribution < -0.4 is 4.74 Å². The van der Waals surface area contributed by atoms with Crippen LogP contribution in [0.3, 0.4) is 0 Å². The van der Waals surface area contributed by atoms with Crippen molar-refractivity contribution in [3.63, 3.8) is 0 Å². The first-order valence-electron chi connectivity index (χ1n) is 10.0. The van der Waals surface area contributed by atoms with Gasteiger partial charge in [0.15, 0.2) is 0 Å². The first kappa shape index (κ1) is 18.9. The molecule has 4 rings (SSSR count). The van der Waals surface area contributed by atoms with Crippen molar-refractivity contribution in [1.82, 2.24) is 9.88 Å². The number of likely N-dealkylation sites (tertiary alicyclic amines) is 1. The fourth-order valence-electron chi connectivity index (χ4n) is 3.96. The first-order chi connectivity index (χ1) is 13.7. The lowest BCUT2D eigenvalue weighted by atomic mass is 10.0. The Morgan fingerprint density at radius 3 is 2.79 bits per heavy atom. The van der Waals surface area contributed by atoms with Crippen molar-refractivity contribution < 1.29 is 9.53 Å². The molecule has 1 amide bonds. The predicted octanol–water partition coefficient (Wildman–Crippen LogP) is 5.38. The van der Waals surface area contributed by atoms with Crippen LogP contribution >= 0.6 is 11.3 Å². The number of hydrogen-bond donors (Lipinski definition) is 0. The summed E-state index contributed by atoms with van der Waals surface area (Å²) in [4.78, 5) is 19.5. The molecule has 0 bridgehead atoms. The number of para-hydroxylation sites is 1. The van der Waals surface area contributed by atoms with Crippen molar-refractivity contribution in [2.24, 2.45) is 0 Å². The minimum atomic E-state index is 0.211. The summed E-state index contributed by atoms with van der Waals surface area (Å²) in [5.41, 5.74) is 2.29. The van der Waals surface area contributed by atoms with E-state index in [4.69, 9.17) is 4.74 Å². The van der Waals surface area contributed by atoms with Gasteiger partial charge in [-0.05, 0) is 61.9 Å². The van der Waals surface area contributed by atoms with Gasteiger partial charge in [0.05, 0.1) is 28.4 Å². The van der Waals surface area contributed by atoms with E-state index in [0.717, 1.165) is 49.9 Å². The summed E-state index contributed by atoms with van der Waals surface area (Å²) in [6.45, 7) is 0.868. The lowest BCUT2D eigenvalue weighted by Gasteiger charge is -2.25. The van der Waals surface area contributed by atoms with Crippen LogP contribution in [0.4, 0.5) is 0 Å². The van der Waals surface area contributed by atoms with Gasteiger partial charge in [-0.3, -0.25) is 4.79 Å². The van der Waals surface area contributed by atoms with Crippen LogP contribution in [0.15, 0.2) is 48.5 Å². The molecule has 3 aromatic rings. The van der Waals surface area contributed by atoms with Crippen molar-refractivity contribution in [3.05, 3.63) is 59.1 Å². The predicted molar refractivity (Wildman–Crippen MR) is 114 cm³/mol. The molecule has 1 aliphatic heterocycles. The number of fused-ring (bicyclic) bond motifs is 1. The Kier molecular flexibility index (Phi) is 5.91. The number of aromatic nitrogens is 1. The van der Waals surface area contributed by atoms with Crippen LogP contribution in [0.5, 0.6) is 5.75 Å². The number of methoxy groups -OCH3 is 1. The maximum absolute atomic E-state index is 12.8. The summed E-state index contributed by atoms with van der Waals surface area (Å²) >= 11 is 1.77. The summed E-state index contributed by atoms with van der Waals surface area (Å²) in [5, 5.41) is 1.17. The second-order valence-electron chi connectivity index (χ2n) is 7.30. The number of nitrogens with zero attached hydrogens (tertiary/aromatic N) is 2. The molecular formula is C23H26N2O2S. The second kappa shape index (κ2) is 8.74. The van der Waals surface area contributed by atoms with Crippen LogP contribution in [0, 0.1) is 0 Å². The van der Waals surface area contributed by atoms with E-state index in [9.17, 15) is 4.79 Å². The van der Waals surface area contributed by atoms with E-state index in [1.165, 1.54) is 15.3 Å². The monoisotopic (exact) mass is 394 g/mol. The SMILES string of the molecule is COc1ccc(C2CCCN2C(=O)CCCCc2nc3ccccc3s2)cc1. The molecule has 0 saturated carbocycles. The van der Waals surface area contributed by atoms with Crippen molar-refractivity contribution in [1.29, 1.82) is 0 Å². The molecule has 1 unspecified atom stereocenters. The van der Waals surface area contributed by atoms with E-state index in [0.29, 0.717) is 6.42 Å². The zero-order valence-corrected chi connectivity index (χ0v) is 17.1. The van der Waals surface area contributed by atoms with Gasteiger partial charge in [-0.1, -0.05) is 24.3 Å². The quantitative estimate of drug-likeness (QED) is 0.505. The number of thiazole rings is 1. The Morgan fingerprint density at radius 1 is 1.18 bits per heavy atom. The molecule has 4 nitrogen and oxygen atoms in total. The van der Waals surface area contributed by atoms with Gasteiger partial charge in [-0.2, -0.15) is 0 Å². The second-order valence-corrected chi connectivity index (χ2v) is 8.42. The number of ether oxygens (including phenoxy) is 1. The summed E-state index contributed by atoms with van der Waals surface area (Å²) in [6.07, 6.45) is 5.62. The highest BCUT2D eigenvalue weighted by Crippen LogP contribution is 2.33. The number of carbonyl (C=O) groups excluding carboxylic acids is 1. The third-order valence-corrected chi connectivity index (χ3v) is 6.54. The van der Waals surface area contributed by atoms with E-state index in [1.807, 2.05) is 18.2 Å². The van der Waals surface area contributed by atoms with Gasteiger partial charge < -0.3 is 9.64 Å². The van der Waals surface area contributed by atoms with Gasteiger partial charge in [0.2, 0.25) is 5.91 Å². The highest BCUT2D eigenvalue weighted by Gasteiger charge is 2.29. The summed E-state index contributed by atoms with van der Waals surface area (Å²) in [6, 6.07) is 16.6. The minimum absolute atomic E-state index is 0.211. The van der Waals surface area contributed by atoms with E-state index in [1.54, 1.807) is 18.4 Å². The molecule has 0 spiro atoms. The van der Waals surface area contributed by atoms with Crippen molar-refractivity contribution in [2.75, 3.05) is 13.7 Å². The van der Waals surface area contributed by atoms with Crippen LogP contribution in [0.2, 0.25) is 0 Å². The Labute approximate surface area is 170 Å². The third kappa shape index (κ3) is 4.20. The molecule has 1 aliphatic rings. The van der Waals surface area contributed by atoms with E-state index >= 15 is 0 Å². The van der Waals surface area contributed by atoms with Gasteiger partial charge in [-0.15, -0.1) is 11.3 Å². The van der Waals surface area contributed by atoms with Crippen LogP contribution in [-0.2, 0) is 11.2 Å². The molecule has 2 heterocycles. The molecule has 0 radical (unpaired) electrons. The molecule has 2 aromatic carbocycles. The molecule has 28 heavy (non-hydrogen) atoms. The van der Waals surface area contributed by atoms with E-state index in [-0.39, 0.29) is 11.9 Å². The Balaban J connectivity index is 1.28. The fourth-order valence-corrected chi connectivity index (χ4v) is 4.97. The lowest BCUT2D eigenvalue weighted by Crippen LogP contribution is -2.30. The fraction of sp³-hybridized carbons (Fsp3) is 0.391. The van der Waals surface area contributed by atoms with E-state index < -0.39 is 0 Å². The highest BCUT2D eigenvalue weighted by molar-refractivity contribution is 7.18. The molecule has 0 aliphatic carbocycles. The number of unbranched alkanes of at least 4 members (excludes halogenated alkanes) is 1. The Hall–Kier alpha value is -2.40. The van der Waals surface area contributed by atoms with Gasteiger partial charge >= 0.3 is 0 Å². The summed E-state index contributed by atoms with van der Waals surface area (Å²) < 4.78 is 6.49. The first-order valence-corrected chi connectivity index (χ1v) is 10.8. The number of hydrogen-bond acceptors (Lipinski definition) is 4. The largest absolute Gasteiger partial charge is 0.497 e. The van der Waals surface area contributed by atoms with Crippen molar-refractivity contribution in [2.45, 2.75) is 44.6 Å². The zero-order chi connectivity index (χ0) is 19.3. The van der Waals surface area contributed by atoms with Crippen LogP contribution in [0.25, 0.3) is 10.2 Å². The minimum Gasteiger partial charge on any atom is -0.497 e. The number of benzene rings is 2. The standard InChI is InChI=1S/C23H26N2O2S/c1-27-18-14-12-17(13-15-18)20-8-6-16-25(20)23(26)11-5-4-10-22-24-19-7-2-3-9-21(19)28-22/h2-3,7,9,12-15,20H,4-6,8,10-11,16H2,1H3. The zero-order valence-electron chi connectivity index (χ0n) is 16.3. The van der Waals surface area contributed by atoms with Crippen LogP contribution in [0.1, 0.15) is 48.7 Å². The third-order valence-electron chi connectivity index (χ3n) is 5.44. The lowest BCUT2D eigenvalue weighted by molar-refractivity contribution is -0.132. The normalized spacial score (nSPS) is 16.6. The number of amides is 1. The van der Waals surface area contributed by atoms with Gasteiger partial charge in [0.1, 0.15) is 5.75 Å². The summed E-state index contributed by atoms with van der Waals surface area (Å²) in [7, 11) is 1.68. The molecule has 1 atom stereocenters. The molecular weight excluding hydrogens is 368 g/mol. The van der Waals surface area contributed by atoms with Gasteiger partial charge in [-0.25, -0.2) is 4.98 Å². The number of rotatable bonds is 7. The molecule has 0 N–H and O–H groups in total. The maximum atomic E-state index is 12.8. The average Bonchev–Trinajstić information content (AvgIpc) is 3.38. The molecule has 1 fully saturated rings. The molecule has 5 heteroatoms. The Bertz CT molecular complexity index is 902. The molecule has 1 saturated heterocycles. The smallest absolute Gasteiger partial charge is 0.223 e. The molecule has 1 aromatic heterocycles. The summed E-state index contributed by atoms with van der Waals surface area (Å²) in [5.74, 6) is 1.14. The van der Waals surface area contributed by atoms with Crippen molar-refractivity contribution >= 4 is 27.5 Å². The maximum Gasteiger partial charge on any atom is 0.223 e. The number of carbonyl (C=O) groups is 1. The highest BCUT2D eigenvalue weighted by atomic mass is 32.1. The van der Waals surface area contributed by atoms with Crippen molar-refractivity contribution in [3.8, 4) is 5.75 Å².